The Bertz CT molecular complexity index is 551. The van der Waals surface area contributed by atoms with Crippen LogP contribution < -0.4 is 11.2 Å². The highest BCUT2D eigenvalue weighted by molar-refractivity contribution is 5.96. The number of carbonyl (C=O) groups excluding carboxylic acids is 1. The van der Waals surface area contributed by atoms with Crippen LogP contribution in [0.2, 0.25) is 0 Å². The second kappa shape index (κ2) is 6.76. The van der Waals surface area contributed by atoms with E-state index in [-0.39, 0.29) is 5.91 Å². The molecule has 1 aromatic rings. The summed E-state index contributed by atoms with van der Waals surface area (Å²) in [5.41, 5.74) is 12.3. The number of anilines is 1. The fraction of sp³-hybridized carbons (Fsp3) is 0.471. The number of hydroxylamine groups is 1. The number of amides is 1. The van der Waals surface area contributed by atoms with E-state index in [1.165, 1.54) is 5.57 Å². The van der Waals surface area contributed by atoms with Crippen LogP contribution in [-0.2, 0) is 11.3 Å². The summed E-state index contributed by atoms with van der Waals surface area (Å²) < 4.78 is 0. The molecule has 0 radical (unpaired) electrons. The van der Waals surface area contributed by atoms with Gasteiger partial charge in [0.1, 0.15) is 0 Å². The molecule has 0 aliphatic heterocycles. The van der Waals surface area contributed by atoms with Crippen LogP contribution in [-0.4, -0.2) is 11.5 Å². The Morgan fingerprint density at radius 1 is 1.33 bits per heavy atom. The van der Waals surface area contributed by atoms with Gasteiger partial charge in [0.05, 0.1) is 5.60 Å². The number of nitrogens with two attached hydrogens (primary N) is 1. The standard InChI is InChI=1S/C17H26N2O2/c1-11(2)7-8-13-9-14(18)10-15(12(13)3)16(20)19-21-17(4,5)6/h7,9-10H,8,18H2,1-6H3,(H,19,20). The molecule has 0 aliphatic rings. The predicted octanol–water partition coefficient (Wildman–Crippen LogP) is 3.55. The number of hydrogen-bond acceptors (Lipinski definition) is 3. The summed E-state index contributed by atoms with van der Waals surface area (Å²) in [5, 5.41) is 0. The molecule has 4 heteroatoms. The third kappa shape index (κ3) is 5.60. The molecular formula is C17H26N2O2. The van der Waals surface area contributed by atoms with Gasteiger partial charge in [-0.3, -0.25) is 9.63 Å². The quantitative estimate of drug-likeness (QED) is 0.506. The molecule has 116 valence electrons. The van der Waals surface area contributed by atoms with Crippen LogP contribution >= 0.6 is 0 Å². The van der Waals surface area contributed by atoms with Crippen molar-refractivity contribution in [1.29, 1.82) is 0 Å². The molecule has 0 spiro atoms. The molecule has 0 unspecified atom stereocenters. The number of nitrogen functional groups attached to an aromatic ring is 1. The van der Waals surface area contributed by atoms with Gasteiger partial charge in [0.15, 0.2) is 0 Å². The first-order valence-corrected chi connectivity index (χ1v) is 7.11. The minimum Gasteiger partial charge on any atom is -0.399 e. The average Bonchev–Trinajstić information content (AvgIpc) is 2.35. The van der Waals surface area contributed by atoms with Crippen molar-refractivity contribution in [1.82, 2.24) is 5.48 Å². The Morgan fingerprint density at radius 2 is 1.95 bits per heavy atom. The van der Waals surface area contributed by atoms with E-state index in [2.05, 4.69) is 11.6 Å². The van der Waals surface area contributed by atoms with Gasteiger partial charge in [-0.2, -0.15) is 0 Å². The molecule has 0 aliphatic carbocycles. The smallest absolute Gasteiger partial charge is 0.275 e. The van der Waals surface area contributed by atoms with E-state index in [1.54, 1.807) is 6.07 Å². The Labute approximate surface area is 127 Å². The summed E-state index contributed by atoms with van der Waals surface area (Å²) in [6.45, 7) is 11.7. The zero-order chi connectivity index (χ0) is 16.2. The van der Waals surface area contributed by atoms with Gasteiger partial charge in [-0.15, -0.1) is 0 Å². The van der Waals surface area contributed by atoms with Gasteiger partial charge in [-0.25, -0.2) is 5.48 Å². The minimum absolute atomic E-state index is 0.270. The normalized spacial score (nSPS) is 11.1. The molecule has 0 saturated heterocycles. The van der Waals surface area contributed by atoms with E-state index in [1.807, 2.05) is 47.6 Å². The monoisotopic (exact) mass is 290 g/mol. The van der Waals surface area contributed by atoms with Gasteiger partial charge in [0.2, 0.25) is 0 Å². The van der Waals surface area contributed by atoms with Gasteiger partial charge in [-0.1, -0.05) is 11.6 Å². The van der Waals surface area contributed by atoms with Gasteiger partial charge in [-0.05, 0) is 71.2 Å². The third-order valence-corrected chi connectivity index (χ3v) is 2.96. The lowest BCUT2D eigenvalue weighted by atomic mass is 9.98. The predicted molar refractivity (Wildman–Crippen MR) is 87.0 cm³/mol. The molecular weight excluding hydrogens is 264 g/mol. The lowest BCUT2D eigenvalue weighted by Gasteiger charge is -2.20. The van der Waals surface area contributed by atoms with Crippen LogP contribution in [0, 0.1) is 6.92 Å². The van der Waals surface area contributed by atoms with E-state index in [4.69, 9.17) is 10.6 Å². The topological polar surface area (TPSA) is 64.4 Å². The molecule has 0 atom stereocenters. The van der Waals surface area contributed by atoms with Crippen molar-refractivity contribution >= 4 is 11.6 Å². The van der Waals surface area contributed by atoms with Crippen LogP contribution in [0.1, 0.15) is 56.1 Å². The molecule has 0 heterocycles. The molecule has 1 aromatic carbocycles. The van der Waals surface area contributed by atoms with E-state index < -0.39 is 5.60 Å². The van der Waals surface area contributed by atoms with Crippen molar-refractivity contribution < 1.29 is 9.63 Å². The summed E-state index contributed by atoms with van der Waals surface area (Å²) in [4.78, 5) is 17.6. The molecule has 0 saturated carbocycles. The summed E-state index contributed by atoms with van der Waals surface area (Å²) in [5.74, 6) is -0.270. The zero-order valence-electron chi connectivity index (χ0n) is 13.8. The highest BCUT2D eigenvalue weighted by Gasteiger charge is 2.17. The number of allylic oxidation sites excluding steroid dienone is 2. The number of rotatable bonds is 4. The SMILES string of the molecule is CC(C)=CCc1cc(N)cc(C(=O)NOC(C)(C)C)c1C. The molecule has 0 fully saturated rings. The maximum absolute atomic E-state index is 12.2. The van der Waals surface area contributed by atoms with E-state index in [0.29, 0.717) is 11.3 Å². The van der Waals surface area contributed by atoms with Gasteiger partial charge in [0.25, 0.3) is 5.91 Å². The molecule has 0 bridgehead atoms. The van der Waals surface area contributed by atoms with Crippen LogP contribution in [0.4, 0.5) is 5.69 Å². The number of benzene rings is 1. The summed E-state index contributed by atoms with van der Waals surface area (Å²) >= 11 is 0. The maximum Gasteiger partial charge on any atom is 0.275 e. The number of nitrogens with one attached hydrogen (secondary N) is 1. The fourth-order valence-electron chi connectivity index (χ4n) is 1.82. The van der Waals surface area contributed by atoms with Crippen molar-refractivity contribution in [2.24, 2.45) is 0 Å². The largest absolute Gasteiger partial charge is 0.399 e. The molecule has 21 heavy (non-hydrogen) atoms. The minimum atomic E-state index is -0.436. The first kappa shape index (κ1) is 17.2. The number of carbonyl (C=O) groups is 1. The number of hydrogen-bond donors (Lipinski definition) is 2. The lowest BCUT2D eigenvalue weighted by Crippen LogP contribution is -2.34. The molecule has 3 N–H and O–H groups in total. The highest BCUT2D eigenvalue weighted by Crippen LogP contribution is 2.20. The Morgan fingerprint density at radius 3 is 2.48 bits per heavy atom. The average molecular weight is 290 g/mol. The van der Waals surface area contributed by atoms with Crippen LogP contribution in [0.15, 0.2) is 23.8 Å². The first-order valence-electron chi connectivity index (χ1n) is 7.11. The van der Waals surface area contributed by atoms with Crippen molar-refractivity contribution in [2.45, 2.75) is 53.6 Å². The first-order chi connectivity index (χ1) is 9.60. The molecule has 1 amide bonds. The van der Waals surface area contributed by atoms with Gasteiger partial charge < -0.3 is 5.73 Å². The van der Waals surface area contributed by atoms with Crippen molar-refractivity contribution in [3.63, 3.8) is 0 Å². The summed E-state index contributed by atoms with van der Waals surface area (Å²) in [6, 6.07) is 3.60. The van der Waals surface area contributed by atoms with Crippen LogP contribution in [0.3, 0.4) is 0 Å². The van der Waals surface area contributed by atoms with Crippen LogP contribution in [0.25, 0.3) is 0 Å². The van der Waals surface area contributed by atoms with Crippen molar-refractivity contribution in [3.05, 3.63) is 40.5 Å². The zero-order valence-corrected chi connectivity index (χ0v) is 13.8. The lowest BCUT2D eigenvalue weighted by molar-refractivity contribution is -0.0590. The second-order valence-electron chi connectivity index (χ2n) is 6.48. The third-order valence-electron chi connectivity index (χ3n) is 2.96. The molecule has 0 aromatic heterocycles. The molecule has 4 nitrogen and oxygen atoms in total. The summed E-state index contributed by atoms with van der Waals surface area (Å²) in [6.07, 6.45) is 2.88. The maximum atomic E-state index is 12.2. The summed E-state index contributed by atoms with van der Waals surface area (Å²) in [7, 11) is 0. The van der Waals surface area contributed by atoms with Crippen molar-refractivity contribution in [3.8, 4) is 0 Å². The Kier molecular flexibility index (Phi) is 5.55. The second-order valence-corrected chi connectivity index (χ2v) is 6.48. The van der Waals surface area contributed by atoms with E-state index in [0.717, 1.165) is 17.5 Å². The van der Waals surface area contributed by atoms with E-state index >= 15 is 0 Å². The van der Waals surface area contributed by atoms with Crippen molar-refractivity contribution in [2.75, 3.05) is 5.73 Å². The molecule has 1 rings (SSSR count). The Hall–Kier alpha value is -1.81. The highest BCUT2D eigenvalue weighted by atomic mass is 16.7. The van der Waals surface area contributed by atoms with E-state index in [9.17, 15) is 4.79 Å². The van der Waals surface area contributed by atoms with Crippen LogP contribution in [0.5, 0.6) is 0 Å². The van der Waals surface area contributed by atoms with Gasteiger partial charge >= 0.3 is 0 Å². The Balaban J connectivity index is 3.02. The van der Waals surface area contributed by atoms with Gasteiger partial charge in [0, 0.05) is 11.3 Å². The fourth-order valence-corrected chi connectivity index (χ4v) is 1.82.